The number of rotatable bonds is 4. The molecule has 0 atom stereocenters. The predicted molar refractivity (Wildman–Crippen MR) is 113 cm³/mol. The summed E-state index contributed by atoms with van der Waals surface area (Å²) in [5, 5.41) is 4.50. The SMILES string of the molecule is Cc1nn(C)c(C)c1CN1CCN(c2nccnc2-c2ccc(C(F)(F)F)cc2)CC1. The van der Waals surface area contributed by atoms with Crippen LogP contribution in [0.15, 0.2) is 36.7 Å². The summed E-state index contributed by atoms with van der Waals surface area (Å²) in [6, 6.07) is 5.09. The molecule has 9 heteroatoms. The number of anilines is 1. The Morgan fingerprint density at radius 3 is 2.16 bits per heavy atom. The van der Waals surface area contributed by atoms with Gasteiger partial charge in [-0.15, -0.1) is 0 Å². The smallest absolute Gasteiger partial charge is 0.352 e. The van der Waals surface area contributed by atoms with E-state index in [0.717, 1.165) is 50.6 Å². The molecule has 3 heterocycles. The maximum Gasteiger partial charge on any atom is 0.416 e. The van der Waals surface area contributed by atoms with E-state index < -0.39 is 11.7 Å². The first kappa shape index (κ1) is 21.3. The van der Waals surface area contributed by atoms with Crippen LogP contribution in [-0.2, 0) is 19.8 Å². The van der Waals surface area contributed by atoms with Gasteiger partial charge in [0.05, 0.1) is 11.3 Å². The lowest BCUT2D eigenvalue weighted by atomic mass is 10.1. The number of benzene rings is 1. The summed E-state index contributed by atoms with van der Waals surface area (Å²) in [5.41, 5.74) is 4.06. The van der Waals surface area contributed by atoms with Gasteiger partial charge in [0.1, 0.15) is 5.69 Å². The van der Waals surface area contributed by atoms with Crippen LogP contribution in [0.1, 0.15) is 22.5 Å². The normalized spacial score (nSPS) is 15.5. The van der Waals surface area contributed by atoms with Crippen LogP contribution in [-0.4, -0.2) is 50.8 Å². The Hall–Kier alpha value is -2.94. The number of hydrogen-bond acceptors (Lipinski definition) is 5. The zero-order valence-electron chi connectivity index (χ0n) is 17.8. The van der Waals surface area contributed by atoms with Gasteiger partial charge in [0.2, 0.25) is 0 Å². The van der Waals surface area contributed by atoms with Crippen molar-refractivity contribution in [2.24, 2.45) is 7.05 Å². The second kappa shape index (κ2) is 8.30. The molecule has 1 saturated heterocycles. The lowest BCUT2D eigenvalue weighted by Gasteiger charge is -2.36. The highest BCUT2D eigenvalue weighted by Gasteiger charge is 2.30. The fraction of sp³-hybridized carbons (Fsp3) is 0.409. The van der Waals surface area contributed by atoms with E-state index in [1.165, 1.54) is 23.4 Å². The molecule has 3 aromatic rings. The van der Waals surface area contributed by atoms with Crippen molar-refractivity contribution in [2.45, 2.75) is 26.6 Å². The first-order valence-corrected chi connectivity index (χ1v) is 10.2. The van der Waals surface area contributed by atoms with Gasteiger partial charge in [0.15, 0.2) is 5.82 Å². The number of nitrogens with zero attached hydrogens (tertiary/aromatic N) is 6. The first-order valence-electron chi connectivity index (χ1n) is 10.2. The average Bonchev–Trinajstić information content (AvgIpc) is 3.00. The summed E-state index contributed by atoms with van der Waals surface area (Å²) in [6.07, 6.45) is -1.16. The van der Waals surface area contributed by atoms with Crippen molar-refractivity contribution in [3.05, 3.63) is 59.2 Å². The van der Waals surface area contributed by atoms with Crippen molar-refractivity contribution < 1.29 is 13.2 Å². The van der Waals surface area contributed by atoms with Crippen molar-refractivity contribution >= 4 is 5.82 Å². The van der Waals surface area contributed by atoms with Gasteiger partial charge in [0.25, 0.3) is 0 Å². The fourth-order valence-electron chi connectivity index (χ4n) is 3.97. The van der Waals surface area contributed by atoms with Gasteiger partial charge >= 0.3 is 6.18 Å². The highest BCUT2D eigenvalue weighted by atomic mass is 19.4. The highest BCUT2D eigenvalue weighted by Crippen LogP contribution is 2.33. The molecule has 1 aliphatic rings. The second-order valence-corrected chi connectivity index (χ2v) is 7.84. The predicted octanol–water partition coefficient (Wildman–Crippen LogP) is 3.83. The van der Waals surface area contributed by atoms with Crippen LogP contribution in [0.5, 0.6) is 0 Å². The van der Waals surface area contributed by atoms with Gasteiger partial charge in [-0.25, -0.2) is 4.98 Å². The quantitative estimate of drug-likeness (QED) is 0.630. The van der Waals surface area contributed by atoms with Crippen LogP contribution in [0.4, 0.5) is 19.0 Å². The molecule has 0 aliphatic carbocycles. The summed E-state index contributed by atoms with van der Waals surface area (Å²) >= 11 is 0. The molecule has 0 bridgehead atoms. The zero-order chi connectivity index (χ0) is 22.2. The monoisotopic (exact) mass is 430 g/mol. The standard InChI is InChI=1S/C22H25F3N6/c1-15-19(16(2)29(3)28-15)14-30-10-12-31(13-11-30)21-20(26-8-9-27-21)17-4-6-18(7-5-17)22(23,24)25/h4-9H,10-14H2,1-3H3. The number of hydrogen-bond donors (Lipinski definition) is 0. The van der Waals surface area contributed by atoms with E-state index in [4.69, 9.17) is 0 Å². The lowest BCUT2D eigenvalue weighted by Crippen LogP contribution is -2.46. The maximum absolute atomic E-state index is 12.9. The van der Waals surface area contributed by atoms with Crippen molar-refractivity contribution in [1.29, 1.82) is 0 Å². The Labute approximate surface area is 179 Å². The molecule has 4 rings (SSSR count). The van der Waals surface area contributed by atoms with Gasteiger partial charge in [-0.05, 0) is 26.0 Å². The minimum atomic E-state index is -4.36. The third-order valence-corrected chi connectivity index (χ3v) is 5.88. The molecule has 1 aromatic carbocycles. The summed E-state index contributed by atoms with van der Waals surface area (Å²) in [6.45, 7) is 8.23. The van der Waals surface area contributed by atoms with Gasteiger partial charge in [-0.1, -0.05) is 12.1 Å². The van der Waals surface area contributed by atoms with Gasteiger partial charge < -0.3 is 4.90 Å². The molecule has 0 N–H and O–H groups in total. The van der Waals surface area contributed by atoms with Crippen molar-refractivity contribution in [2.75, 3.05) is 31.1 Å². The van der Waals surface area contributed by atoms with Crippen molar-refractivity contribution in [3.8, 4) is 11.3 Å². The van der Waals surface area contributed by atoms with Gasteiger partial charge in [0, 0.05) is 69.0 Å². The Morgan fingerprint density at radius 2 is 1.58 bits per heavy atom. The molecule has 0 saturated carbocycles. The number of alkyl halides is 3. The summed E-state index contributed by atoms with van der Waals surface area (Å²) in [5.74, 6) is 0.704. The molecule has 0 radical (unpaired) electrons. The molecule has 0 spiro atoms. The summed E-state index contributed by atoms with van der Waals surface area (Å²) < 4.78 is 40.6. The van der Waals surface area contributed by atoms with Crippen LogP contribution < -0.4 is 4.90 Å². The van der Waals surface area contributed by atoms with Crippen LogP contribution in [0, 0.1) is 13.8 Å². The molecule has 164 valence electrons. The minimum absolute atomic E-state index is 0.601. The van der Waals surface area contributed by atoms with Crippen LogP contribution in [0.25, 0.3) is 11.3 Å². The largest absolute Gasteiger partial charge is 0.416 e. The third kappa shape index (κ3) is 4.41. The van der Waals surface area contributed by atoms with E-state index in [1.54, 1.807) is 12.4 Å². The molecule has 0 amide bonds. The lowest BCUT2D eigenvalue weighted by molar-refractivity contribution is -0.137. The number of piperazine rings is 1. The number of aryl methyl sites for hydroxylation is 2. The number of aromatic nitrogens is 4. The topological polar surface area (TPSA) is 50.1 Å². The van der Waals surface area contributed by atoms with E-state index >= 15 is 0 Å². The van der Waals surface area contributed by atoms with E-state index in [1.807, 2.05) is 18.7 Å². The maximum atomic E-state index is 12.9. The average molecular weight is 430 g/mol. The molecule has 0 unspecified atom stereocenters. The van der Waals surface area contributed by atoms with Crippen molar-refractivity contribution in [1.82, 2.24) is 24.6 Å². The van der Waals surface area contributed by atoms with Crippen LogP contribution in [0.2, 0.25) is 0 Å². The highest BCUT2D eigenvalue weighted by molar-refractivity contribution is 5.72. The molecule has 2 aromatic heterocycles. The zero-order valence-corrected chi connectivity index (χ0v) is 17.8. The Balaban J connectivity index is 1.48. The van der Waals surface area contributed by atoms with Gasteiger partial charge in [-0.2, -0.15) is 18.3 Å². The molecule has 1 aliphatic heterocycles. The van der Waals surface area contributed by atoms with Crippen LogP contribution >= 0.6 is 0 Å². The molecule has 31 heavy (non-hydrogen) atoms. The van der Waals surface area contributed by atoms with Crippen LogP contribution in [0.3, 0.4) is 0 Å². The molecular weight excluding hydrogens is 405 g/mol. The summed E-state index contributed by atoms with van der Waals surface area (Å²) in [4.78, 5) is 13.5. The Bertz CT molecular complexity index is 1050. The number of halogens is 3. The second-order valence-electron chi connectivity index (χ2n) is 7.84. The molecule has 1 fully saturated rings. The van der Waals surface area contributed by atoms with E-state index in [0.29, 0.717) is 17.1 Å². The first-order chi connectivity index (χ1) is 14.7. The fourth-order valence-corrected chi connectivity index (χ4v) is 3.97. The van der Waals surface area contributed by atoms with E-state index in [9.17, 15) is 13.2 Å². The third-order valence-electron chi connectivity index (χ3n) is 5.88. The van der Waals surface area contributed by atoms with Gasteiger partial charge in [-0.3, -0.25) is 14.6 Å². The molecular formula is C22H25F3N6. The molecule has 6 nitrogen and oxygen atoms in total. The minimum Gasteiger partial charge on any atom is -0.352 e. The Kier molecular flexibility index (Phi) is 5.70. The van der Waals surface area contributed by atoms with E-state index in [-0.39, 0.29) is 0 Å². The van der Waals surface area contributed by atoms with Crippen molar-refractivity contribution in [3.63, 3.8) is 0 Å². The Morgan fingerprint density at radius 1 is 0.935 bits per heavy atom. The van der Waals surface area contributed by atoms with E-state index in [2.05, 4.69) is 31.8 Å². The summed E-state index contributed by atoms with van der Waals surface area (Å²) in [7, 11) is 1.96.